The predicted octanol–water partition coefficient (Wildman–Crippen LogP) is 4.40. The predicted molar refractivity (Wildman–Crippen MR) is 112 cm³/mol. The van der Waals surface area contributed by atoms with E-state index in [1.54, 1.807) is 12.1 Å². The highest BCUT2D eigenvalue weighted by Gasteiger charge is 2.13. The highest BCUT2D eigenvalue weighted by molar-refractivity contribution is 7.99. The van der Waals surface area contributed by atoms with Crippen molar-refractivity contribution < 1.29 is 9.53 Å². The van der Waals surface area contributed by atoms with Gasteiger partial charge in [0.1, 0.15) is 12.4 Å². The molecule has 0 atom stereocenters. The van der Waals surface area contributed by atoms with Gasteiger partial charge in [-0.25, -0.2) is 0 Å². The molecule has 1 aromatic heterocycles. The lowest BCUT2D eigenvalue weighted by atomic mass is 10.1. The number of benzene rings is 2. The first-order valence-electron chi connectivity index (χ1n) is 8.69. The Kier molecular flexibility index (Phi) is 6.59. The van der Waals surface area contributed by atoms with Crippen LogP contribution in [0.25, 0.3) is 0 Å². The van der Waals surface area contributed by atoms with Crippen LogP contribution in [0.5, 0.6) is 5.75 Å². The highest BCUT2D eigenvalue weighted by atomic mass is 35.5. The van der Waals surface area contributed by atoms with Crippen molar-refractivity contribution in [1.82, 2.24) is 14.8 Å². The molecule has 1 amide bonds. The third-order valence-corrected chi connectivity index (χ3v) is 5.44. The van der Waals surface area contributed by atoms with Crippen LogP contribution in [-0.2, 0) is 18.4 Å². The van der Waals surface area contributed by atoms with Gasteiger partial charge in [0.15, 0.2) is 11.0 Å². The average Bonchev–Trinajstić information content (AvgIpc) is 3.01. The Balaban J connectivity index is 1.55. The SMILES string of the molecule is Cc1ccc(NC(=O)CSc2nnc(COc3ccccc3Cl)n2C)c(C)c1. The Bertz CT molecular complexity index is 990. The topological polar surface area (TPSA) is 69.0 Å². The fourth-order valence-corrected chi connectivity index (χ4v) is 3.49. The molecule has 2 aromatic carbocycles. The van der Waals surface area contributed by atoms with E-state index in [4.69, 9.17) is 16.3 Å². The van der Waals surface area contributed by atoms with Gasteiger partial charge in [0.2, 0.25) is 5.91 Å². The summed E-state index contributed by atoms with van der Waals surface area (Å²) in [5, 5.41) is 12.4. The highest BCUT2D eigenvalue weighted by Crippen LogP contribution is 2.24. The van der Waals surface area contributed by atoms with Crippen LogP contribution >= 0.6 is 23.4 Å². The molecule has 0 fully saturated rings. The van der Waals surface area contributed by atoms with Gasteiger partial charge in [-0.2, -0.15) is 0 Å². The number of anilines is 1. The standard InChI is InChI=1S/C20H21ClN4O2S/c1-13-8-9-16(14(2)10-13)22-19(26)12-28-20-24-23-18(25(20)3)11-27-17-7-5-4-6-15(17)21/h4-10H,11-12H2,1-3H3,(H,22,26). The number of aryl methyl sites for hydroxylation is 2. The molecule has 0 aliphatic heterocycles. The molecule has 0 aliphatic rings. The lowest BCUT2D eigenvalue weighted by molar-refractivity contribution is -0.113. The van der Waals surface area contributed by atoms with Gasteiger partial charge >= 0.3 is 0 Å². The average molecular weight is 417 g/mol. The van der Waals surface area contributed by atoms with Crippen molar-refractivity contribution in [3.8, 4) is 5.75 Å². The molecule has 6 nitrogen and oxygen atoms in total. The number of aromatic nitrogens is 3. The molecule has 3 aromatic rings. The smallest absolute Gasteiger partial charge is 0.234 e. The van der Waals surface area contributed by atoms with E-state index in [0.29, 0.717) is 21.8 Å². The maximum Gasteiger partial charge on any atom is 0.234 e. The zero-order valence-electron chi connectivity index (χ0n) is 15.9. The number of nitrogens with zero attached hydrogens (tertiary/aromatic N) is 3. The second-order valence-corrected chi connectivity index (χ2v) is 7.68. The summed E-state index contributed by atoms with van der Waals surface area (Å²) in [6.07, 6.45) is 0. The van der Waals surface area contributed by atoms with E-state index in [1.165, 1.54) is 11.8 Å². The van der Waals surface area contributed by atoms with Crippen LogP contribution in [0.1, 0.15) is 17.0 Å². The normalized spacial score (nSPS) is 10.7. The molecule has 28 heavy (non-hydrogen) atoms. The largest absolute Gasteiger partial charge is 0.484 e. The number of amides is 1. The number of carbonyl (C=O) groups excluding carboxylic acids is 1. The molecule has 0 spiro atoms. The molecule has 0 saturated carbocycles. The van der Waals surface area contributed by atoms with Crippen molar-refractivity contribution in [1.29, 1.82) is 0 Å². The fourth-order valence-electron chi connectivity index (χ4n) is 2.57. The molecule has 0 aliphatic carbocycles. The van der Waals surface area contributed by atoms with Gasteiger partial charge in [-0.05, 0) is 37.6 Å². The minimum atomic E-state index is -0.0891. The summed E-state index contributed by atoms with van der Waals surface area (Å²) in [5.41, 5.74) is 3.02. The van der Waals surface area contributed by atoms with Crippen molar-refractivity contribution >= 4 is 35.0 Å². The van der Waals surface area contributed by atoms with Crippen molar-refractivity contribution in [3.63, 3.8) is 0 Å². The first-order chi connectivity index (χ1) is 13.4. The number of nitrogens with one attached hydrogen (secondary N) is 1. The molecular formula is C20H21ClN4O2S. The molecule has 0 unspecified atom stereocenters. The molecule has 3 rings (SSSR count). The van der Waals surface area contributed by atoms with Crippen LogP contribution in [0.4, 0.5) is 5.69 Å². The molecule has 1 heterocycles. The van der Waals surface area contributed by atoms with Crippen LogP contribution in [0.15, 0.2) is 47.6 Å². The van der Waals surface area contributed by atoms with E-state index in [1.807, 2.05) is 55.8 Å². The second kappa shape index (κ2) is 9.12. The van der Waals surface area contributed by atoms with E-state index < -0.39 is 0 Å². The Hall–Kier alpha value is -2.51. The van der Waals surface area contributed by atoms with Crippen LogP contribution < -0.4 is 10.1 Å². The number of carbonyl (C=O) groups is 1. The number of hydrogen-bond acceptors (Lipinski definition) is 5. The van der Waals surface area contributed by atoms with Gasteiger partial charge in [0, 0.05) is 12.7 Å². The molecule has 146 valence electrons. The molecule has 0 bridgehead atoms. The number of thioether (sulfide) groups is 1. The van der Waals surface area contributed by atoms with Gasteiger partial charge in [0.25, 0.3) is 0 Å². The first kappa shape index (κ1) is 20.2. The zero-order chi connectivity index (χ0) is 20.1. The van der Waals surface area contributed by atoms with Gasteiger partial charge in [-0.3, -0.25) is 4.79 Å². The summed E-state index contributed by atoms with van der Waals surface area (Å²) < 4.78 is 7.51. The monoisotopic (exact) mass is 416 g/mol. The summed E-state index contributed by atoms with van der Waals surface area (Å²) in [4.78, 5) is 12.3. The van der Waals surface area contributed by atoms with E-state index >= 15 is 0 Å². The number of para-hydroxylation sites is 1. The zero-order valence-corrected chi connectivity index (χ0v) is 17.5. The van der Waals surface area contributed by atoms with Crippen LogP contribution in [0, 0.1) is 13.8 Å². The number of rotatable bonds is 7. The summed E-state index contributed by atoms with van der Waals surface area (Å²) in [6.45, 7) is 4.24. The fraction of sp³-hybridized carbons (Fsp3) is 0.250. The lowest BCUT2D eigenvalue weighted by Gasteiger charge is -2.09. The molecule has 0 saturated heterocycles. The number of hydrogen-bond donors (Lipinski definition) is 1. The summed E-state index contributed by atoms with van der Waals surface area (Å²) in [7, 11) is 1.84. The Labute approximate surface area is 173 Å². The van der Waals surface area contributed by atoms with E-state index in [0.717, 1.165) is 16.8 Å². The van der Waals surface area contributed by atoms with Gasteiger partial charge in [-0.1, -0.05) is 53.2 Å². The maximum atomic E-state index is 12.3. The number of ether oxygens (including phenoxy) is 1. The third-order valence-electron chi connectivity index (χ3n) is 4.11. The van der Waals surface area contributed by atoms with Crippen LogP contribution in [0.2, 0.25) is 5.02 Å². The Morgan fingerprint density at radius 1 is 1.21 bits per heavy atom. The van der Waals surface area contributed by atoms with Crippen LogP contribution in [0.3, 0.4) is 0 Å². The quantitative estimate of drug-likeness (QED) is 0.578. The first-order valence-corrected chi connectivity index (χ1v) is 10.1. The lowest BCUT2D eigenvalue weighted by Crippen LogP contribution is -2.15. The summed E-state index contributed by atoms with van der Waals surface area (Å²) >= 11 is 7.41. The van der Waals surface area contributed by atoms with Crippen molar-refractivity contribution in [2.45, 2.75) is 25.6 Å². The molecule has 8 heteroatoms. The second-order valence-electron chi connectivity index (χ2n) is 6.33. The maximum absolute atomic E-state index is 12.3. The Morgan fingerprint density at radius 3 is 2.75 bits per heavy atom. The minimum Gasteiger partial charge on any atom is -0.484 e. The summed E-state index contributed by atoms with van der Waals surface area (Å²) in [6, 6.07) is 13.2. The Morgan fingerprint density at radius 2 is 2.00 bits per heavy atom. The van der Waals surface area contributed by atoms with E-state index in [-0.39, 0.29) is 18.3 Å². The van der Waals surface area contributed by atoms with Gasteiger partial charge < -0.3 is 14.6 Å². The minimum absolute atomic E-state index is 0.0891. The van der Waals surface area contributed by atoms with Crippen LogP contribution in [-0.4, -0.2) is 26.4 Å². The summed E-state index contributed by atoms with van der Waals surface area (Å²) in [5.74, 6) is 1.39. The van der Waals surface area contributed by atoms with E-state index in [9.17, 15) is 4.79 Å². The van der Waals surface area contributed by atoms with Crippen molar-refractivity contribution in [3.05, 3.63) is 64.4 Å². The molecular weight excluding hydrogens is 396 g/mol. The molecule has 0 radical (unpaired) electrons. The van der Waals surface area contributed by atoms with Crippen molar-refractivity contribution in [2.75, 3.05) is 11.1 Å². The third kappa shape index (κ3) is 5.05. The van der Waals surface area contributed by atoms with Gasteiger partial charge in [0.05, 0.1) is 10.8 Å². The van der Waals surface area contributed by atoms with Gasteiger partial charge in [-0.15, -0.1) is 10.2 Å². The van der Waals surface area contributed by atoms with Crippen molar-refractivity contribution in [2.24, 2.45) is 7.05 Å². The molecule has 1 N–H and O–H groups in total. The van der Waals surface area contributed by atoms with E-state index in [2.05, 4.69) is 15.5 Å². The number of halogens is 1.